The van der Waals surface area contributed by atoms with Gasteiger partial charge in [0, 0.05) is 45.7 Å². The number of hydrogen-bond acceptors (Lipinski definition) is 13. The fourth-order valence-electron chi connectivity index (χ4n) is 5.30. The molecule has 0 saturated carbocycles. The molecule has 0 fully saturated rings. The first kappa shape index (κ1) is 39.0. The number of non-ortho nitro benzene ring substituents is 1. The van der Waals surface area contributed by atoms with Crippen molar-refractivity contribution in [3.8, 4) is 0 Å². The molecule has 0 aliphatic rings. The minimum absolute atomic E-state index is 0.0602. The minimum atomic E-state index is -4.04. The number of nitro groups is 1. The van der Waals surface area contributed by atoms with E-state index in [0.29, 0.717) is 43.3 Å². The van der Waals surface area contributed by atoms with Gasteiger partial charge in [0.1, 0.15) is 5.69 Å². The van der Waals surface area contributed by atoms with Crippen LogP contribution in [-0.4, -0.2) is 34.9 Å². The quantitative estimate of drug-likeness (QED) is 0.0397. The maximum Gasteiger partial charge on any atom is 0.270 e. The molecule has 2 aromatic heterocycles. The average molecular weight is 804 g/mol. The van der Waals surface area contributed by atoms with Gasteiger partial charge in [-0.25, -0.2) is 18.4 Å². The number of rotatable bonds is 12. The van der Waals surface area contributed by atoms with Gasteiger partial charge in [0.05, 0.1) is 26.6 Å². The number of nitrogen functional groups attached to an aromatic ring is 1. The second-order valence-corrected chi connectivity index (χ2v) is 15.7. The van der Waals surface area contributed by atoms with Crippen LogP contribution in [0.15, 0.2) is 138 Å². The Morgan fingerprint density at radius 3 is 2.02 bits per heavy atom. The Kier molecular flexibility index (Phi) is 11.9. The Hall–Kier alpha value is -6.75. The Balaban J connectivity index is 0.000000208. The molecule has 0 saturated heterocycles. The van der Waals surface area contributed by atoms with Gasteiger partial charge in [0.2, 0.25) is 11.6 Å². The molecule has 5 N–H and O–H groups in total. The van der Waals surface area contributed by atoms with Crippen molar-refractivity contribution in [3.63, 3.8) is 0 Å². The lowest BCUT2D eigenvalue weighted by Gasteiger charge is -2.10. The van der Waals surface area contributed by atoms with Gasteiger partial charge in [0.25, 0.3) is 15.7 Å². The highest BCUT2D eigenvalue weighted by Crippen LogP contribution is 2.28. The van der Waals surface area contributed by atoms with Crippen LogP contribution in [-0.2, 0) is 10.0 Å². The standard InChI is InChI=1S/C23H18N4O5S2.C17H15N3OS/c1-15-6-2-3-11-20(15)22(28)21-14-24-23(33-21)25-16-7-4-8-17(12-16)26-34(31,32)19-10-5-9-18(13-19)27(29)30;1-11-5-2-3-8-14(11)16(21)15-10-22-17(20-15)19-13-7-4-6-12(18)9-13/h2-14,26H,1H3,(H,24,25);2-10H,18H2,1H3,(H,19,20). The molecule has 5 aromatic carbocycles. The van der Waals surface area contributed by atoms with Crippen LogP contribution in [0.25, 0.3) is 0 Å². The van der Waals surface area contributed by atoms with E-state index in [-0.39, 0.29) is 27.8 Å². The molecular weight excluding hydrogens is 771 g/mol. The highest BCUT2D eigenvalue weighted by Gasteiger charge is 2.19. The zero-order valence-corrected chi connectivity index (χ0v) is 32.2. The van der Waals surface area contributed by atoms with Crippen LogP contribution in [0.3, 0.4) is 0 Å². The summed E-state index contributed by atoms with van der Waals surface area (Å²) in [6.07, 6.45) is 1.50. The first-order chi connectivity index (χ1) is 26.9. The topological polar surface area (TPSA) is 199 Å². The number of nitro benzene ring substituents is 1. The van der Waals surface area contributed by atoms with E-state index in [1.165, 1.54) is 47.1 Å². The summed E-state index contributed by atoms with van der Waals surface area (Å²) in [6, 6.07) is 33.5. The Morgan fingerprint density at radius 2 is 1.34 bits per heavy atom. The number of aromatic nitrogens is 2. The van der Waals surface area contributed by atoms with Gasteiger partial charge in [-0.05, 0) is 67.4 Å². The van der Waals surface area contributed by atoms with E-state index in [4.69, 9.17) is 5.73 Å². The molecule has 13 nitrogen and oxygen atoms in total. The summed E-state index contributed by atoms with van der Waals surface area (Å²) < 4.78 is 27.8. The summed E-state index contributed by atoms with van der Waals surface area (Å²) in [7, 11) is -4.04. The van der Waals surface area contributed by atoms with E-state index in [0.717, 1.165) is 22.9 Å². The molecule has 56 heavy (non-hydrogen) atoms. The van der Waals surface area contributed by atoms with Gasteiger partial charge in [-0.3, -0.25) is 24.4 Å². The van der Waals surface area contributed by atoms with Crippen molar-refractivity contribution in [2.45, 2.75) is 18.7 Å². The van der Waals surface area contributed by atoms with Crippen LogP contribution in [0.5, 0.6) is 0 Å². The van der Waals surface area contributed by atoms with Crippen LogP contribution < -0.4 is 21.1 Å². The highest BCUT2D eigenvalue weighted by atomic mass is 32.2. The molecule has 7 aromatic rings. The molecule has 0 aliphatic heterocycles. The number of benzene rings is 5. The number of carbonyl (C=O) groups excluding carboxylic acids is 2. The van der Waals surface area contributed by atoms with Gasteiger partial charge in [-0.1, -0.05) is 78.1 Å². The number of ketones is 2. The number of hydrogen-bond donors (Lipinski definition) is 4. The first-order valence-electron chi connectivity index (χ1n) is 16.8. The SMILES string of the molecule is Cc1ccccc1C(=O)c1cnc(Nc2cccc(NS(=O)(=O)c3cccc([N+](=O)[O-])c3)c2)s1.Cc1ccccc1C(=O)c1csc(Nc2cccc(N)c2)n1. The van der Waals surface area contributed by atoms with Crippen molar-refractivity contribution in [1.29, 1.82) is 0 Å². The Morgan fingerprint density at radius 1 is 0.732 bits per heavy atom. The van der Waals surface area contributed by atoms with Gasteiger partial charge in [-0.2, -0.15) is 0 Å². The lowest BCUT2D eigenvalue weighted by molar-refractivity contribution is -0.385. The van der Waals surface area contributed by atoms with Gasteiger partial charge in [-0.15, -0.1) is 11.3 Å². The fraction of sp³-hybridized carbons (Fsp3) is 0.0500. The Labute approximate surface area is 330 Å². The van der Waals surface area contributed by atoms with E-state index in [1.807, 2.05) is 74.5 Å². The predicted octanol–water partition coefficient (Wildman–Crippen LogP) is 9.14. The summed E-state index contributed by atoms with van der Waals surface area (Å²) in [4.78, 5) is 44.4. The average Bonchev–Trinajstić information content (AvgIpc) is 3.85. The number of nitrogens with two attached hydrogens (primary N) is 1. The van der Waals surface area contributed by atoms with Crippen LogP contribution in [0.2, 0.25) is 0 Å². The maximum atomic E-state index is 12.8. The molecule has 0 spiro atoms. The van der Waals surface area contributed by atoms with Crippen molar-refractivity contribution in [2.75, 3.05) is 21.1 Å². The third-order valence-electron chi connectivity index (χ3n) is 8.09. The number of aryl methyl sites for hydroxylation is 2. The van der Waals surface area contributed by atoms with Gasteiger partial charge < -0.3 is 16.4 Å². The third-order valence-corrected chi connectivity index (χ3v) is 11.1. The van der Waals surface area contributed by atoms with Crippen molar-refractivity contribution in [2.24, 2.45) is 0 Å². The van der Waals surface area contributed by atoms with Crippen molar-refractivity contribution in [1.82, 2.24) is 9.97 Å². The van der Waals surface area contributed by atoms with Crippen LogP contribution in [0.1, 0.15) is 42.4 Å². The normalized spacial score (nSPS) is 10.8. The van der Waals surface area contributed by atoms with Crippen molar-refractivity contribution >= 4 is 83.0 Å². The van der Waals surface area contributed by atoms with Crippen LogP contribution >= 0.6 is 22.7 Å². The molecule has 16 heteroatoms. The van der Waals surface area contributed by atoms with E-state index in [1.54, 1.807) is 41.8 Å². The monoisotopic (exact) mass is 803 g/mol. The van der Waals surface area contributed by atoms with E-state index < -0.39 is 14.9 Å². The fourth-order valence-corrected chi connectivity index (χ4v) is 7.89. The second kappa shape index (κ2) is 17.2. The molecule has 0 amide bonds. The minimum Gasteiger partial charge on any atom is -0.399 e. The van der Waals surface area contributed by atoms with E-state index in [9.17, 15) is 28.1 Å². The van der Waals surface area contributed by atoms with Crippen molar-refractivity contribution in [3.05, 3.63) is 176 Å². The van der Waals surface area contributed by atoms with E-state index >= 15 is 0 Å². The van der Waals surface area contributed by atoms with Crippen LogP contribution in [0.4, 0.5) is 38.7 Å². The van der Waals surface area contributed by atoms with Crippen LogP contribution in [0, 0.1) is 24.0 Å². The number of anilines is 6. The summed E-state index contributed by atoms with van der Waals surface area (Å²) >= 11 is 2.58. The number of nitrogens with zero attached hydrogens (tertiary/aromatic N) is 3. The number of sulfonamides is 1. The van der Waals surface area contributed by atoms with Crippen molar-refractivity contribution < 1.29 is 22.9 Å². The number of thiazole rings is 2. The third kappa shape index (κ3) is 9.67. The molecule has 0 aliphatic carbocycles. The summed E-state index contributed by atoms with van der Waals surface area (Å²) in [5.41, 5.74) is 11.3. The maximum absolute atomic E-state index is 12.8. The molecule has 7 rings (SSSR count). The summed E-state index contributed by atoms with van der Waals surface area (Å²) in [5.74, 6) is -0.183. The lowest BCUT2D eigenvalue weighted by Crippen LogP contribution is -2.13. The molecule has 0 radical (unpaired) electrons. The smallest absolute Gasteiger partial charge is 0.270 e. The first-order valence-corrected chi connectivity index (χ1v) is 19.9. The summed E-state index contributed by atoms with van der Waals surface area (Å²) in [6.45, 7) is 3.79. The predicted molar refractivity (Wildman–Crippen MR) is 221 cm³/mol. The second-order valence-electron chi connectivity index (χ2n) is 12.2. The number of nitrogens with one attached hydrogen (secondary N) is 3. The largest absolute Gasteiger partial charge is 0.399 e. The highest BCUT2D eigenvalue weighted by molar-refractivity contribution is 7.92. The van der Waals surface area contributed by atoms with Gasteiger partial charge >= 0.3 is 0 Å². The summed E-state index contributed by atoms with van der Waals surface area (Å²) in [5, 5.41) is 20.1. The molecule has 2 heterocycles. The molecular formula is C40H33N7O6S3. The molecule has 0 unspecified atom stereocenters. The molecule has 282 valence electrons. The number of carbonyl (C=O) groups is 2. The molecule has 0 bridgehead atoms. The van der Waals surface area contributed by atoms with E-state index in [2.05, 4.69) is 25.3 Å². The lowest BCUT2D eigenvalue weighted by atomic mass is 10.0. The molecule has 0 atom stereocenters. The van der Waals surface area contributed by atoms with Gasteiger partial charge in [0.15, 0.2) is 10.3 Å². The Bertz CT molecular complexity index is 2680. The zero-order valence-electron chi connectivity index (χ0n) is 29.8. The zero-order chi connectivity index (χ0) is 39.8.